The predicted octanol–water partition coefficient (Wildman–Crippen LogP) is 5.84. The van der Waals surface area contributed by atoms with Crippen molar-refractivity contribution in [2.75, 3.05) is 11.5 Å². The van der Waals surface area contributed by atoms with Gasteiger partial charge in [0.2, 0.25) is 0 Å². The molecule has 188 valence electrons. The van der Waals surface area contributed by atoms with Gasteiger partial charge in [-0.1, -0.05) is 128 Å². The number of allylic oxidation sites excluding steroid dienone is 2. The molecule has 3 aromatic carbocycles. The Hall–Kier alpha value is -0.960. The largest absolute Gasteiger partial charge is 1.00 e. The summed E-state index contributed by atoms with van der Waals surface area (Å²) < 4.78 is 0. The molecule has 35 heavy (non-hydrogen) atoms. The van der Waals surface area contributed by atoms with Gasteiger partial charge in [0.1, 0.15) is 23.2 Å². The van der Waals surface area contributed by atoms with E-state index in [0.29, 0.717) is 0 Å². The van der Waals surface area contributed by atoms with E-state index in [4.69, 9.17) is 0 Å². The van der Waals surface area contributed by atoms with Crippen LogP contribution in [0.3, 0.4) is 0 Å². The second-order valence-corrected chi connectivity index (χ2v) is 13.5. The SMILES string of the molecule is BrCCCCCCCCCCCC=CC[P+](c1ccccc1)(c1ccccc1)c1ccccc1.[I-]. The fraction of sp³-hybridized carbons (Fsp3) is 0.375. The van der Waals surface area contributed by atoms with Crippen molar-refractivity contribution in [3.05, 3.63) is 103 Å². The van der Waals surface area contributed by atoms with Crippen molar-refractivity contribution in [2.45, 2.75) is 64.2 Å². The van der Waals surface area contributed by atoms with Crippen LogP contribution in [0.4, 0.5) is 0 Å². The van der Waals surface area contributed by atoms with Crippen LogP contribution in [0.25, 0.3) is 0 Å². The van der Waals surface area contributed by atoms with E-state index < -0.39 is 7.26 Å². The minimum atomic E-state index is -1.73. The summed E-state index contributed by atoms with van der Waals surface area (Å²) in [5.74, 6) is 0. The van der Waals surface area contributed by atoms with E-state index >= 15 is 0 Å². The molecule has 0 aliphatic rings. The van der Waals surface area contributed by atoms with Crippen LogP contribution in [-0.4, -0.2) is 11.5 Å². The van der Waals surface area contributed by atoms with Crippen LogP contribution in [-0.2, 0) is 0 Å². The van der Waals surface area contributed by atoms with E-state index in [1.165, 1.54) is 80.1 Å². The van der Waals surface area contributed by atoms with Crippen LogP contribution in [0.1, 0.15) is 64.2 Å². The van der Waals surface area contributed by atoms with Gasteiger partial charge in [0.25, 0.3) is 0 Å². The third-order valence-corrected chi connectivity index (χ3v) is 11.5. The lowest BCUT2D eigenvalue weighted by Gasteiger charge is -2.26. The Morgan fingerprint density at radius 1 is 0.486 bits per heavy atom. The monoisotopic (exact) mass is 662 g/mol. The molecule has 0 heterocycles. The van der Waals surface area contributed by atoms with Gasteiger partial charge < -0.3 is 24.0 Å². The average Bonchev–Trinajstić information content (AvgIpc) is 2.91. The molecule has 0 amide bonds. The van der Waals surface area contributed by atoms with Gasteiger partial charge in [0.15, 0.2) is 0 Å². The minimum Gasteiger partial charge on any atom is -1.00 e. The zero-order valence-corrected chi connectivity index (χ0v) is 25.6. The summed E-state index contributed by atoms with van der Waals surface area (Å²) in [4.78, 5) is 0. The van der Waals surface area contributed by atoms with Crippen molar-refractivity contribution in [1.29, 1.82) is 0 Å². The molecule has 0 N–H and O–H groups in total. The summed E-state index contributed by atoms with van der Waals surface area (Å²) in [6.07, 6.45) is 19.6. The highest BCUT2D eigenvalue weighted by molar-refractivity contribution is 9.09. The number of alkyl halides is 1. The molecular formula is C32H41BrIP. The van der Waals surface area contributed by atoms with Gasteiger partial charge in [-0.25, -0.2) is 0 Å². The highest BCUT2D eigenvalue weighted by Gasteiger charge is 2.43. The van der Waals surface area contributed by atoms with Crippen molar-refractivity contribution < 1.29 is 24.0 Å². The first kappa shape index (κ1) is 30.3. The fourth-order valence-corrected chi connectivity index (χ4v) is 9.19. The third kappa shape index (κ3) is 9.78. The lowest BCUT2D eigenvalue weighted by atomic mass is 10.1. The number of benzene rings is 3. The molecule has 0 saturated heterocycles. The molecule has 3 aromatic rings. The Morgan fingerprint density at radius 3 is 1.26 bits per heavy atom. The minimum absolute atomic E-state index is 0. The number of hydrogen-bond acceptors (Lipinski definition) is 0. The van der Waals surface area contributed by atoms with Gasteiger partial charge in [-0.2, -0.15) is 0 Å². The second-order valence-electron chi connectivity index (χ2n) is 9.13. The molecule has 0 radical (unpaired) electrons. The van der Waals surface area contributed by atoms with Gasteiger partial charge in [0, 0.05) is 5.33 Å². The van der Waals surface area contributed by atoms with E-state index in [1.807, 2.05) is 0 Å². The maximum atomic E-state index is 3.52. The topological polar surface area (TPSA) is 0 Å². The smallest absolute Gasteiger partial charge is 0.115 e. The summed E-state index contributed by atoms with van der Waals surface area (Å²) >= 11 is 3.52. The maximum absolute atomic E-state index is 3.52. The quantitative estimate of drug-likeness (QED) is 0.0595. The molecule has 0 bridgehead atoms. The van der Waals surface area contributed by atoms with Crippen LogP contribution < -0.4 is 39.9 Å². The van der Waals surface area contributed by atoms with E-state index in [0.717, 1.165) is 11.5 Å². The Kier molecular flexibility index (Phi) is 15.8. The summed E-state index contributed by atoms with van der Waals surface area (Å²) in [5, 5.41) is 5.56. The molecule has 0 fully saturated rings. The van der Waals surface area contributed by atoms with Gasteiger partial charge in [0.05, 0.1) is 6.16 Å². The van der Waals surface area contributed by atoms with Crippen molar-refractivity contribution in [1.82, 2.24) is 0 Å². The Morgan fingerprint density at radius 2 is 0.857 bits per heavy atom. The first-order valence-corrected chi connectivity index (χ1v) is 16.2. The highest BCUT2D eigenvalue weighted by atomic mass is 127. The first-order chi connectivity index (χ1) is 16.9. The van der Waals surface area contributed by atoms with Crippen molar-refractivity contribution in [3.63, 3.8) is 0 Å². The fourth-order valence-electron chi connectivity index (χ4n) is 4.76. The summed E-state index contributed by atoms with van der Waals surface area (Å²) in [6.45, 7) is 0. The number of halogens is 2. The summed E-state index contributed by atoms with van der Waals surface area (Å²) in [6, 6.07) is 33.6. The molecule has 0 atom stereocenters. The van der Waals surface area contributed by atoms with E-state index in [9.17, 15) is 0 Å². The van der Waals surface area contributed by atoms with Crippen molar-refractivity contribution >= 4 is 39.1 Å². The van der Waals surface area contributed by atoms with Crippen LogP contribution in [0, 0.1) is 0 Å². The lowest BCUT2D eigenvalue weighted by Crippen LogP contribution is -3.00. The lowest BCUT2D eigenvalue weighted by molar-refractivity contribution is -0.00000672. The van der Waals surface area contributed by atoms with Crippen molar-refractivity contribution in [3.8, 4) is 0 Å². The Labute approximate surface area is 240 Å². The molecule has 0 nitrogen and oxygen atoms in total. The molecule has 0 aromatic heterocycles. The van der Waals surface area contributed by atoms with Crippen LogP contribution in [0.15, 0.2) is 103 Å². The highest BCUT2D eigenvalue weighted by Crippen LogP contribution is 2.55. The molecule has 0 spiro atoms. The van der Waals surface area contributed by atoms with Gasteiger partial charge in [-0.15, -0.1) is 0 Å². The molecular weight excluding hydrogens is 622 g/mol. The predicted molar refractivity (Wildman–Crippen MR) is 159 cm³/mol. The molecule has 0 aliphatic carbocycles. The first-order valence-electron chi connectivity index (χ1n) is 13.1. The molecule has 0 saturated carbocycles. The Balaban J connectivity index is 0.00000432. The zero-order valence-electron chi connectivity index (χ0n) is 21.0. The summed E-state index contributed by atoms with van der Waals surface area (Å²) in [7, 11) is -1.73. The van der Waals surface area contributed by atoms with Crippen LogP contribution in [0.5, 0.6) is 0 Å². The molecule has 0 unspecified atom stereocenters. The van der Waals surface area contributed by atoms with Crippen LogP contribution in [0.2, 0.25) is 0 Å². The van der Waals surface area contributed by atoms with E-state index in [1.54, 1.807) is 0 Å². The summed E-state index contributed by atoms with van der Waals surface area (Å²) in [5.41, 5.74) is 0. The van der Waals surface area contributed by atoms with Crippen LogP contribution >= 0.6 is 23.2 Å². The molecule has 3 heteroatoms. The normalized spacial score (nSPS) is 11.5. The number of rotatable bonds is 16. The van der Waals surface area contributed by atoms with Gasteiger partial charge in [-0.05, 0) is 55.7 Å². The van der Waals surface area contributed by atoms with Gasteiger partial charge in [-0.3, -0.25) is 0 Å². The van der Waals surface area contributed by atoms with E-state index in [-0.39, 0.29) is 24.0 Å². The number of unbranched alkanes of at least 4 members (excludes halogenated alkanes) is 9. The zero-order chi connectivity index (χ0) is 23.7. The molecule has 0 aliphatic heterocycles. The standard InChI is InChI=1S/C32H41BrP.HI/c33-28-20-9-7-5-3-1-2-4-6-8-10-21-29-34(30-22-14-11-15-23-30,31-24-16-12-17-25-31)32-26-18-13-19-27-32;/h10-19,21-27H,1-9,20,28-29H2;1H/q+1;/p-1. The third-order valence-electron chi connectivity index (χ3n) is 6.64. The van der Waals surface area contributed by atoms with Crippen molar-refractivity contribution in [2.24, 2.45) is 0 Å². The average molecular weight is 663 g/mol. The molecule has 3 rings (SSSR count). The number of hydrogen-bond donors (Lipinski definition) is 0. The Bertz CT molecular complexity index is 831. The maximum Gasteiger partial charge on any atom is 0.115 e. The van der Waals surface area contributed by atoms with E-state index in [2.05, 4.69) is 119 Å². The second kappa shape index (κ2) is 18.3. The van der Waals surface area contributed by atoms with Gasteiger partial charge >= 0.3 is 0 Å².